The predicted molar refractivity (Wildman–Crippen MR) is 129 cm³/mol. The van der Waals surface area contributed by atoms with E-state index in [-0.39, 0.29) is 0 Å². The lowest BCUT2D eigenvalue weighted by atomic mass is 9.94. The van der Waals surface area contributed by atoms with Crippen LogP contribution in [-0.4, -0.2) is 52.4 Å². The average molecular weight is 424 g/mol. The van der Waals surface area contributed by atoms with E-state index in [0.29, 0.717) is 0 Å². The van der Waals surface area contributed by atoms with E-state index in [1.54, 1.807) is 0 Å². The van der Waals surface area contributed by atoms with Crippen LogP contribution in [0.3, 0.4) is 0 Å². The number of fused-ring (bicyclic) bond motifs is 1. The lowest BCUT2D eigenvalue weighted by Crippen LogP contribution is -2.44. The van der Waals surface area contributed by atoms with E-state index in [2.05, 4.69) is 89.0 Å². The molecular formula is C27H29N5. The van der Waals surface area contributed by atoms with Crippen molar-refractivity contribution >= 4 is 11.2 Å². The molecule has 5 rings (SSSR count). The Morgan fingerprint density at radius 2 is 1.91 bits per heavy atom. The van der Waals surface area contributed by atoms with Gasteiger partial charge in [0.05, 0.1) is 17.5 Å². The van der Waals surface area contributed by atoms with Crippen molar-refractivity contribution in [2.75, 3.05) is 33.2 Å². The number of pyridine rings is 1. The van der Waals surface area contributed by atoms with Gasteiger partial charge in [-0.15, -0.1) is 0 Å². The zero-order valence-corrected chi connectivity index (χ0v) is 18.9. The summed E-state index contributed by atoms with van der Waals surface area (Å²) < 4.78 is 2.25. The minimum absolute atomic E-state index is 0.812. The molecule has 1 aromatic carbocycles. The number of hydrogen-bond donors (Lipinski definition) is 0. The van der Waals surface area contributed by atoms with Crippen LogP contribution in [0, 0.1) is 18.3 Å². The molecule has 32 heavy (non-hydrogen) atoms. The summed E-state index contributed by atoms with van der Waals surface area (Å²) >= 11 is 0. The van der Waals surface area contributed by atoms with Crippen molar-refractivity contribution in [2.45, 2.75) is 26.3 Å². The van der Waals surface area contributed by atoms with Crippen LogP contribution in [0.1, 0.15) is 29.7 Å². The molecule has 2 aliphatic rings. The minimum atomic E-state index is 0.812. The number of rotatable bonds is 4. The van der Waals surface area contributed by atoms with Crippen LogP contribution in [0.25, 0.3) is 22.5 Å². The summed E-state index contributed by atoms with van der Waals surface area (Å²) in [5.74, 6) is 0. The zero-order valence-electron chi connectivity index (χ0n) is 18.9. The Morgan fingerprint density at radius 3 is 2.69 bits per heavy atom. The third-order valence-electron chi connectivity index (χ3n) is 6.59. The highest BCUT2D eigenvalue weighted by Gasteiger charge is 2.21. The van der Waals surface area contributed by atoms with Crippen molar-refractivity contribution in [1.29, 1.82) is 5.26 Å². The quantitative estimate of drug-likeness (QED) is 0.611. The Bertz CT molecular complexity index is 1250. The SMILES string of the molecule is Cc1cccc(-c2nc3ccc(C4=C(C#N)CCC=C4)cn3c2CN2CCN(C)CC2)c1. The Labute approximate surface area is 189 Å². The van der Waals surface area contributed by atoms with Gasteiger partial charge in [-0.05, 0) is 56.1 Å². The van der Waals surface area contributed by atoms with Gasteiger partial charge in [-0.3, -0.25) is 4.90 Å². The number of aryl methyl sites for hydroxylation is 1. The van der Waals surface area contributed by atoms with E-state index >= 15 is 0 Å². The Balaban J connectivity index is 1.63. The molecule has 0 spiro atoms. The number of imidazole rings is 1. The highest BCUT2D eigenvalue weighted by Crippen LogP contribution is 2.31. The number of benzene rings is 1. The van der Waals surface area contributed by atoms with Crippen molar-refractivity contribution < 1.29 is 0 Å². The maximum absolute atomic E-state index is 9.64. The molecule has 162 valence electrons. The molecular weight excluding hydrogens is 394 g/mol. The molecule has 0 atom stereocenters. The molecule has 0 unspecified atom stereocenters. The predicted octanol–water partition coefficient (Wildman–Crippen LogP) is 4.68. The highest BCUT2D eigenvalue weighted by atomic mass is 15.3. The molecule has 1 saturated heterocycles. The Kier molecular flexibility index (Phi) is 5.65. The van der Waals surface area contributed by atoms with Crippen molar-refractivity contribution in [3.8, 4) is 17.3 Å². The molecule has 3 heterocycles. The van der Waals surface area contributed by atoms with Gasteiger partial charge < -0.3 is 9.30 Å². The van der Waals surface area contributed by atoms with Gasteiger partial charge in [0.15, 0.2) is 0 Å². The molecule has 1 aliphatic carbocycles. The fourth-order valence-electron chi connectivity index (χ4n) is 4.70. The Morgan fingerprint density at radius 1 is 1.06 bits per heavy atom. The van der Waals surface area contributed by atoms with E-state index in [1.807, 2.05) is 0 Å². The normalized spacial score (nSPS) is 17.8. The molecule has 1 aliphatic heterocycles. The van der Waals surface area contributed by atoms with Crippen molar-refractivity contribution in [1.82, 2.24) is 19.2 Å². The van der Waals surface area contributed by atoms with Gasteiger partial charge in [0.2, 0.25) is 0 Å². The van der Waals surface area contributed by atoms with Crippen LogP contribution in [0.15, 0.2) is 60.3 Å². The number of hydrogen-bond acceptors (Lipinski definition) is 4. The lowest BCUT2D eigenvalue weighted by Gasteiger charge is -2.32. The van der Waals surface area contributed by atoms with Gasteiger partial charge >= 0.3 is 0 Å². The molecule has 0 radical (unpaired) electrons. The van der Waals surface area contributed by atoms with Crippen molar-refractivity contribution in [3.63, 3.8) is 0 Å². The Hall–Kier alpha value is -3.20. The van der Waals surface area contributed by atoms with Gasteiger partial charge in [-0.2, -0.15) is 5.26 Å². The van der Waals surface area contributed by atoms with E-state index in [0.717, 1.165) is 79.2 Å². The summed E-state index contributed by atoms with van der Waals surface area (Å²) in [5, 5.41) is 9.64. The summed E-state index contributed by atoms with van der Waals surface area (Å²) in [4.78, 5) is 9.97. The number of piperazine rings is 1. The second-order valence-corrected chi connectivity index (χ2v) is 8.95. The maximum Gasteiger partial charge on any atom is 0.137 e. The van der Waals surface area contributed by atoms with Crippen LogP contribution in [-0.2, 0) is 6.54 Å². The first-order valence-electron chi connectivity index (χ1n) is 11.4. The third kappa shape index (κ3) is 4.00. The molecule has 5 nitrogen and oxygen atoms in total. The van der Waals surface area contributed by atoms with E-state index in [9.17, 15) is 5.26 Å². The first-order valence-corrected chi connectivity index (χ1v) is 11.4. The lowest BCUT2D eigenvalue weighted by molar-refractivity contribution is 0.147. The second kappa shape index (κ2) is 8.74. The number of aromatic nitrogens is 2. The second-order valence-electron chi connectivity index (χ2n) is 8.95. The van der Waals surface area contributed by atoms with Crippen molar-refractivity contribution in [2.24, 2.45) is 0 Å². The fraction of sp³-hybridized carbons (Fsp3) is 0.333. The summed E-state index contributed by atoms with van der Waals surface area (Å²) in [7, 11) is 2.19. The fourth-order valence-corrected chi connectivity index (χ4v) is 4.70. The summed E-state index contributed by atoms with van der Waals surface area (Å²) in [6.07, 6.45) is 8.19. The van der Waals surface area contributed by atoms with Gasteiger partial charge in [0.25, 0.3) is 0 Å². The van der Waals surface area contributed by atoms with Gasteiger partial charge in [0, 0.05) is 50.1 Å². The van der Waals surface area contributed by atoms with E-state index in [4.69, 9.17) is 4.98 Å². The van der Waals surface area contributed by atoms with Crippen molar-refractivity contribution in [3.05, 3.63) is 77.1 Å². The highest BCUT2D eigenvalue weighted by molar-refractivity contribution is 5.80. The number of likely N-dealkylation sites (N-methyl/N-ethyl adjacent to an activating group) is 1. The number of nitriles is 1. The molecule has 5 heteroatoms. The molecule has 0 bridgehead atoms. The maximum atomic E-state index is 9.64. The number of allylic oxidation sites excluding steroid dienone is 4. The molecule has 2 aromatic heterocycles. The molecule has 3 aromatic rings. The topological polar surface area (TPSA) is 47.6 Å². The van der Waals surface area contributed by atoms with Gasteiger partial charge in [-0.25, -0.2) is 4.98 Å². The monoisotopic (exact) mass is 423 g/mol. The van der Waals surface area contributed by atoms with Crippen LogP contribution < -0.4 is 0 Å². The van der Waals surface area contributed by atoms with Crippen LogP contribution in [0.5, 0.6) is 0 Å². The van der Waals surface area contributed by atoms with E-state index < -0.39 is 0 Å². The molecule has 1 fully saturated rings. The first-order chi connectivity index (χ1) is 15.6. The largest absolute Gasteiger partial charge is 0.304 e. The third-order valence-corrected chi connectivity index (χ3v) is 6.59. The summed E-state index contributed by atoms with van der Waals surface area (Å²) in [6, 6.07) is 15.2. The zero-order chi connectivity index (χ0) is 22.1. The average Bonchev–Trinajstić information content (AvgIpc) is 3.18. The standard InChI is InChI=1S/C27H29N5/c1-20-6-5-8-21(16-20)27-25(19-31-14-12-30(2)13-15-31)32-18-23(10-11-26(32)29-27)24-9-4-3-7-22(24)17-28/h4-6,8-11,16,18H,3,7,12-15,19H2,1-2H3. The van der Waals surface area contributed by atoms with Crippen LogP contribution in [0.2, 0.25) is 0 Å². The van der Waals surface area contributed by atoms with Gasteiger partial charge in [-0.1, -0.05) is 35.9 Å². The summed E-state index contributed by atoms with van der Waals surface area (Å²) in [6.45, 7) is 7.28. The van der Waals surface area contributed by atoms with Crippen LogP contribution >= 0.6 is 0 Å². The smallest absolute Gasteiger partial charge is 0.137 e. The van der Waals surface area contributed by atoms with Gasteiger partial charge in [0.1, 0.15) is 5.65 Å². The van der Waals surface area contributed by atoms with E-state index in [1.165, 1.54) is 11.3 Å². The molecule has 0 N–H and O–H groups in total. The molecule has 0 saturated carbocycles. The van der Waals surface area contributed by atoms with Crippen LogP contribution in [0.4, 0.5) is 0 Å². The molecule has 0 amide bonds. The first kappa shape index (κ1) is 20.7. The number of nitrogens with zero attached hydrogens (tertiary/aromatic N) is 5. The minimum Gasteiger partial charge on any atom is -0.304 e. The summed E-state index contributed by atoms with van der Waals surface area (Å²) in [5.41, 5.74) is 8.61.